The third kappa shape index (κ3) is 3.65. The molecule has 1 aromatic heterocycles. The summed E-state index contributed by atoms with van der Waals surface area (Å²) < 4.78 is 0. The lowest BCUT2D eigenvalue weighted by molar-refractivity contribution is 0.102. The van der Waals surface area contributed by atoms with Crippen molar-refractivity contribution < 1.29 is 4.79 Å². The normalized spacial score (nSPS) is 13.8. The number of amides is 1. The molecule has 6 heteroatoms. The summed E-state index contributed by atoms with van der Waals surface area (Å²) in [5.41, 5.74) is 1.70. The van der Waals surface area contributed by atoms with Crippen LogP contribution in [0.5, 0.6) is 0 Å². The van der Waals surface area contributed by atoms with Gasteiger partial charge in [0.2, 0.25) is 0 Å². The number of nitrogens with one attached hydrogen (secondary N) is 2. The lowest BCUT2D eigenvalue weighted by atomic mass is 10.2. The van der Waals surface area contributed by atoms with Crippen molar-refractivity contribution >= 4 is 40.5 Å². The molecule has 0 bridgehead atoms. The van der Waals surface area contributed by atoms with Crippen LogP contribution in [0.4, 0.5) is 11.4 Å². The molecule has 0 radical (unpaired) electrons. The molecule has 1 aromatic carbocycles. The predicted octanol–water partition coefficient (Wildman–Crippen LogP) is 4.22. The van der Waals surface area contributed by atoms with Gasteiger partial charge in [-0.3, -0.25) is 9.78 Å². The summed E-state index contributed by atoms with van der Waals surface area (Å²) in [5, 5.41) is 6.98. The number of benzene rings is 1. The number of rotatable bonds is 4. The fraction of sp³-hybridized carbons (Fsp3) is 0.200. The highest BCUT2D eigenvalue weighted by atomic mass is 35.5. The highest BCUT2D eigenvalue weighted by molar-refractivity contribution is 6.35. The second-order valence-electron chi connectivity index (χ2n) is 4.93. The number of hydrogen-bond acceptors (Lipinski definition) is 3. The number of carbonyl (C=O) groups excluding carboxylic acids is 1. The van der Waals surface area contributed by atoms with Gasteiger partial charge < -0.3 is 10.6 Å². The molecule has 0 unspecified atom stereocenters. The zero-order chi connectivity index (χ0) is 14.8. The van der Waals surface area contributed by atoms with E-state index in [-0.39, 0.29) is 5.91 Å². The van der Waals surface area contributed by atoms with Crippen molar-refractivity contribution in [1.29, 1.82) is 0 Å². The van der Waals surface area contributed by atoms with Gasteiger partial charge in [0, 0.05) is 22.9 Å². The summed E-state index contributed by atoms with van der Waals surface area (Å²) in [6, 6.07) is 9.00. The second-order valence-corrected chi connectivity index (χ2v) is 5.77. The molecule has 0 spiro atoms. The first-order valence-electron chi connectivity index (χ1n) is 6.61. The molecule has 2 N–H and O–H groups in total. The number of pyridine rings is 1. The van der Waals surface area contributed by atoms with E-state index < -0.39 is 0 Å². The van der Waals surface area contributed by atoms with Crippen LogP contribution >= 0.6 is 23.2 Å². The maximum absolute atomic E-state index is 12.2. The van der Waals surface area contributed by atoms with Gasteiger partial charge >= 0.3 is 0 Å². The minimum atomic E-state index is -0.321. The van der Waals surface area contributed by atoms with E-state index in [1.54, 1.807) is 30.5 Å². The molecule has 2 aromatic rings. The molecule has 1 aliphatic rings. The summed E-state index contributed by atoms with van der Waals surface area (Å²) in [6.45, 7) is 0. The minimum Gasteiger partial charge on any atom is -0.382 e. The Bertz CT molecular complexity index is 686. The standard InChI is InChI=1S/C15H13Cl2N3O/c16-9-1-4-12(17)13(7-9)20-15(21)14-8-11(5-6-18-14)19-10-2-3-10/h1,4-8,10H,2-3H2,(H,18,19)(H,20,21). The molecule has 1 saturated carbocycles. The van der Waals surface area contributed by atoms with Gasteiger partial charge in [0.05, 0.1) is 10.7 Å². The van der Waals surface area contributed by atoms with Crippen LogP contribution in [0.2, 0.25) is 10.0 Å². The van der Waals surface area contributed by atoms with E-state index in [4.69, 9.17) is 23.2 Å². The van der Waals surface area contributed by atoms with Crippen molar-refractivity contribution in [2.75, 3.05) is 10.6 Å². The van der Waals surface area contributed by atoms with Gasteiger partial charge in [-0.05, 0) is 43.2 Å². The van der Waals surface area contributed by atoms with Gasteiger partial charge in [0.25, 0.3) is 5.91 Å². The monoisotopic (exact) mass is 321 g/mol. The fourth-order valence-corrected chi connectivity index (χ4v) is 2.22. The Morgan fingerprint density at radius 3 is 2.76 bits per heavy atom. The first-order valence-corrected chi connectivity index (χ1v) is 7.36. The van der Waals surface area contributed by atoms with Crippen LogP contribution in [0.1, 0.15) is 23.3 Å². The molecule has 108 valence electrons. The maximum Gasteiger partial charge on any atom is 0.274 e. The van der Waals surface area contributed by atoms with Gasteiger partial charge in [0.1, 0.15) is 5.69 Å². The smallest absolute Gasteiger partial charge is 0.274 e. The van der Waals surface area contributed by atoms with E-state index in [1.165, 1.54) is 12.8 Å². The van der Waals surface area contributed by atoms with Gasteiger partial charge in [-0.25, -0.2) is 0 Å². The van der Waals surface area contributed by atoms with Crippen LogP contribution < -0.4 is 10.6 Å². The van der Waals surface area contributed by atoms with Gasteiger partial charge in [0.15, 0.2) is 0 Å². The highest BCUT2D eigenvalue weighted by Gasteiger charge is 2.21. The Balaban J connectivity index is 1.76. The van der Waals surface area contributed by atoms with Crippen molar-refractivity contribution in [3.05, 3.63) is 52.3 Å². The first-order chi connectivity index (χ1) is 10.1. The van der Waals surface area contributed by atoms with Crippen LogP contribution in [0.3, 0.4) is 0 Å². The third-order valence-corrected chi connectivity index (χ3v) is 3.68. The van der Waals surface area contributed by atoms with Gasteiger partial charge in [-0.15, -0.1) is 0 Å². The Morgan fingerprint density at radius 2 is 2.00 bits per heavy atom. The summed E-state index contributed by atoms with van der Waals surface area (Å²) in [5.74, 6) is -0.321. The molecular weight excluding hydrogens is 309 g/mol. The molecule has 0 atom stereocenters. The highest BCUT2D eigenvalue weighted by Crippen LogP contribution is 2.27. The second kappa shape index (κ2) is 5.92. The molecule has 4 nitrogen and oxygen atoms in total. The third-order valence-electron chi connectivity index (χ3n) is 3.12. The number of anilines is 2. The van der Waals surface area contributed by atoms with Crippen molar-refractivity contribution in [1.82, 2.24) is 4.98 Å². The molecule has 3 rings (SSSR count). The summed E-state index contributed by atoms with van der Waals surface area (Å²) in [7, 11) is 0. The summed E-state index contributed by atoms with van der Waals surface area (Å²) in [4.78, 5) is 16.3. The molecule has 1 aliphatic carbocycles. The van der Waals surface area contributed by atoms with Crippen LogP contribution in [-0.4, -0.2) is 16.9 Å². The SMILES string of the molecule is O=C(Nc1cc(Cl)ccc1Cl)c1cc(NC2CC2)ccn1. The number of halogens is 2. The number of aromatic nitrogens is 1. The van der Waals surface area contributed by atoms with E-state index in [1.807, 2.05) is 6.07 Å². The Labute approximate surface area is 132 Å². The van der Waals surface area contributed by atoms with Crippen molar-refractivity contribution in [3.8, 4) is 0 Å². The average molecular weight is 322 g/mol. The zero-order valence-electron chi connectivity index (χ0n) is 11.1. The van der Waals surface area contributed by atoms with Gasteiger partial charge in [-0.2, -0.15) is 0 Å². The average Bonchev–Trinajstić information content (AvgIpc) is 3.27. The zero-order valence-corrected chi connectivity index (χ0v) is 12.6. The van der Waals surface area contributed by atoms with Crippen molar-refractivity contribution in [2.45, 2.75) is 18.9 Å². The Hall–Kier alpha value is -1.78. The van der Waals surface area contributed by atoms with Crippen LogP contribution in [0.15, 0.2) is 36.5 Å². The molecule has 0 saturated heterocycles. The molecular formula is C15H13Cl2N3O. The lowest BCUT2D eigenvalue weighted by Gasteiger charge is -2.09. The van der Waals surface area contributed by atoms with Crippen LogP contribution in [-0.2, 0) is 0 Å². The van der Waals surface area contributed by atoms with Gasteiger partial charge in [-0.1, -0.05) is 23.2 Å². The number of hydrogen-bond donors (Lipinski definition) is 2. The fourth-order valence-electron chi connectivity index (χ4n) is 1.89. The number of nitrogens with zero attached hydrogens (tertiary/aromatic N) is 1. The van der Waals surface area contributed by atoms with E-state index in [0.717, 1.165) is 5.69 Å². The largest absolute Gasteiger partial charge is 0.382 e. The molecule has 0 aliphatic heterocycles. The van der Waals surface area contributed by atoms with E-state index in [0.29, 0.717) is 27.5 Å². The predicted molar refractivity (Wildman–Crippen MR) is 85.3 cm³/mol. The molecule has 1 amide bonds. The Kier molecular flexibility index (Phi) is 3.99. The van der Waals surface area contributed by atoms with E-state index in [9.17, 15) is 4.79 Å². The topological polar surface area (TPSA) is 54.0 Å². The quantitative estimate of drug-likeness (QED) is 0.886. The Morgan fingerprint density at radius 1 is 1.19 bits per heavy atom. The number of carbonyl (C=O) groups is 1. The first kappa shape index (κ1) is 14.2. The van der Waals surface area contributed by atoms with Crippen molar-refractivity contribution in [3.63, 3.8) is 0 Å². The van der Waals surface area contributed by atoms with E-state index >= 15 is 0 Å². The molecule has 21 heavy (non-hydrogen) atoms. The molecule has 1 fully saturated rings. The minimum absolute atomic E-state index is 0.321. The maximum atomic E-state index is 12.2. The van der Waals surface area contributed by atoms with Crippen LogP contribution in [0.25, 0.3) is 0 Å². The lowest BCUT2D eigenvalue weighted by Crippen LogP contribution is -2.14. The van der Waals surface area contributed by atoms with E-state index in [2.05, 4.69) is 15.6 Å². The summed E-state index contributed by atoms with van der Waals surface area (Å²) in [6.07, 6.45) is 3.95. The molecule has 1 heterocycles. The summed E-state index contributed by atoms with van der Waals surface area (Å²) >= 11 is 11.9. The van der Waals surface area contributed by atoms with Crippen LogP contribution in [0, 0.1) is 0 Å². The van der Waals surface area contributed by atoms with Crippen molar-refractivity contribution in [2.24, 2.45) is 0 Å².